The van der Waals surface area contributed by atoms with Crippen molar-refractivity contribution in [3.63, 3.8) is 0 Å². The molecule has 5 nitrogen and oxygen atoms in total. The molecule has 2 aromatic rings. The molecule has 1 aliphatic heterocycles. The number of nitriles is 1. The number of hydrogen-bond donors (Lipinski definition) is 1. The summed E-state index contributed by atoms with van der Waals surface area (Å²) >= 11 is 0. The highest BCUT2D eigenvalue weighted by atomic mass is 16.2. The van der Waals surface area contributed by atoms with Crippen LogP contribution >= 0.6 is 0 Å². The van der Waals surface area contributed by atoms with E-state index in [-0.39, 0.29) is 5.91 Å². The molecule has 1 aliphatic rings. The van der Waals surface area contributed by atoms with E-state index in [0.29, 0.717) is 23.0 Å². The van der Waals surface area contributed by atoms with Crippen molar-refractivity contribution in [2.75, 3.05) is 17.2 Å². The van der Waals surface area contributed by atoms with Crippen molar-refractivity contribution in [2.45, 2.75) is 27.2 Å². The number of nitrogens with zero attached hydrogens (tertiary/aromatic N) is 3. The molecule has 1 aromatic heterocycles. The van der Waals surface area contributed by atoms with Gasteiger partial charge in [-0.3, -0.25) is 4.79 Å². The van der Waals surface area contributed by atoms with Crippen molar-refractivity contribution in [2.24, 2.45) is 5.92 Å². The SMILES string of the molecule is CC(=O)N1C[C@H](C)Cc2ccccc21.Cc1nc(N)ccc1C#N. The molecule has 124 valence electrons. The first kappa shape index (κ1) is 17.5. The van der Waals surface area contributed by atoms with Gasteiger partial charge in [-0.05, 0) is 43.0 Å². The van der Waals surface area contributed by atoms with Gasteiger partial charge in [0, 0.05) is 19.2 Å². The molecule has 0 saturated heterocycles. The molecule has 0 spiro atoms. The zero-order valence-electron chi connectivity index (χ0n) is 14.3. The molecule has 3 rings (SSSR count). The van der Waals surface area contributed by atoms with Crippen molar-refractivity contribution in [3.8, 4) is 6.07 Å². The van der Waals surface area contributed by atoms with E-state index >= 15 is 0 Å². The summed E-state index contributed by atoms with van der Waals surface area (Å²) in [5.74, 6) is 1.16. The number of benzene rings is 1. The van der Waals surface area contributed by atoms with Crippen LogP contribution in [0.2, 0.25) is 0 Å². The van der Waals surface area contributed by atoms with Crippen LogP contribution in [0.3, 0.4) is 0 Å². The number of aryl methyl sites for hydroxylation is 1. The van der Waals surface area contributed by atoms with Crippen LogP contribution in [0.25, 0.3) is 0 Å². The second-order valence-corrected chi connectivity index (χ2v) is 6.05. The normalized spacial score (nSPS) is 15.6. The van der Waals surface area contributed by atoms with Crippen LogP contribution in [0.1, 0.15) is 30.7 Å². The van der Waals surface area contributed by atoms with Crippen LogP contribution in [0.4, 0.5) is 11.5 Å². The molecule has 0 saturated carbocycles. The summed E-state index contributed by atoms with van der Waals surface area (Å²) in [6, 6.07) is 13.5. The summed E-state index contributed by atoms with van der Waals surface area (Å²) in [5.41, 5.74) is 9.01. The first-order valence-corrected chi connectivity index (χ1v) is 7.91. The zero-order chi connectivity index (χ0) is 17.7. The third-order valence-electron chi connectivity index (χ3n) is 3.95. The lowest BCUT2D eigenvalue weighted by molar-refractivity contribution is -0.116. The Morgan fingerprint density at radius 3 is 2.67 bits per heavy atom. The number of amides is 1. The minimum absolute atomic E-state index is 0.143. The molecule has 0 bridgehead atoms. The molecule has 1 amide bonds. The summed E-state index contributed by atoms with van der Waals surface area (Å²) in [6.07, 6.45) is 1.08. The molecule has 0 unspecified atom stereocenters. The highest BCUT2D eigenvalue weighted by molar-refractivity contribution is 5.92. The standard InChI is InChI=1S/C12H15NO.C7H7N3/c1-9-7-11-5-3-4-6-12(11)13(8-9)10(2)14;1-5-6(4-8)2-3-7(9)10-5/h3-6,9H,7-8H2,1-2H3;2-3H,1H3,(H2,9,10)/t9-;/m1./s1. The Morgan fingerprint density at radius 2 is 2.04 bits per heavy atom. The molecule has 5 heteroatoms. The molecule has 0 aliphatic carbocycles. The molecular weight excluding hydrogens is 300 g/mol. The predicted molar refractivity (Wildman–Crippen MR) is 95.4 cm³/mol. The van der Waals surface area contributed by atoms with Gasteiger partial charge in [0.1, 0.15) is 11.9 Å². The van der Waals surface area contributed by atoms with E-state index in [9.17, 15) is 4.79 Å². The lowest BCUT2D eigenvalue weighted by Gasteiger charge is -2.32. The number of fused-ring (bicyclic) bond motifs is 1. The summed E-state index contributed by atoms with van der Waals surface area (Å²) in [4.78, 5) is 17.2. The number of aromatic nitrogens is 1. The monoisotopic (exact) mass is 322 g/mol. The first-order chi connectivity index (χ1) is 11.4. The van der Waals surface area contributed by atoms with Crippen LogP contribution in [0, 0.1) is 24.2 Å². The Morgan fingerprint density at radius 1 is 1.33 bits per heavy atom. The second-order valence-electron chi connectivity index (χ2n) is 6.05. The van der Waals surface area contributed by atoms with E-state index in [4.69, 9.17) is 11.0 Å². The molecule has 2 N–H and O–H groups in total. The van der Waals surface area contributed by atoms with Gasteiger partial charge in [-0.1, -0.05) is 25.1 Å². The van der Waals surface area contributed by atoms with Crippen molar-refractivity contribution < 1.29 is 4.79 Å². The van der Waals surface area contributed by atoms with Gasteiger partial charge in [-0.2, -0.15) is 5.26 Å². The van der Waals surface area contributed by atoms with Crippen molar-refractivity contribution >= 4 is 17.4 Å². The van der Waals surface area contributed by atoms with Crippen molar-refractivity contribution in [1.29, 1.82) is 5.26 Å². The lowest BCUT2D eigenvalue weighted by atomic mass is 9.94. The van der Waals surface area contributed by atoms with Crippen LogP contribution in [0.15, 0.2) is 36.4 Å². The van der Waals surface area contributed by atoms with Crippen molar-refractivity contribution in [1.82, 2.24) is 4.98 Å². The van der Waals surface area contributed by atoms with Gasteiger partial charge in [0.2, 0.25) is 5.91 Å². The van der Waals surface area contributed by atoms with Gasteiger partial charge in [0.15, 0.2) is 0 Å². The molecule has 0 radical (unpaired) electrons. The summed E-state index contributed by atoms with van der Waals surface area (Å²) in [6.45, 7) is 6.43. The van der Waals surface area contributed by atoms with Crippen LogP contribution in [-0.4, -0.2) is 17.4 Å². The maximum absolute atomic E-state index is 11.4. The molecule has 1 atom stereocenters. The predicted octanol–water partition coefficient (Wildman–Crippen LogP) is 3.08. The van der Waals surface area contributed by atoms with E-state index in [1.807, 2.05) is 29.2 Å². The lowest BCUT2D eigenvalue weighted by Crippen LogP contribution is -2.37. The Kier molecular flexibility index (Phi) is 5.54. The minimum Gasteiger partial charge on any atom is -0.384 e. The summed E-state index contributed by atoms with van der Waals surface area (Å²) in [7, 11) is 0. The number of nitrogens with two attached hydrogens (primary N) is 1. The quantitative estimate of drug-likeness (QED) is 0.808. The number of carbonyl (C=O) groups excluding carboxylic acids is 1. The smallest absolute Gasteiger partial charge is 0.223 e. The van der Waals surface area contributed by atoms with Crippen molar-refractivity contribution in [3.05, 3.63) is 53.2 Å². The number of carbonyl (C=O) groups is 1. The number of hydrogen-bond acceptors (Lipinski definition) is 4. The number of nitrogen functional groups attached to an aromatic ring is 1. The third-order valence-corrected chi connectivity index (χ3v) is 3.95. The maximum atomic E-state index is 11.4. The van der Waals surface area contributed by atoms with E-state index < -0.39 is 0 Å². The van der Waals surface area contributed by atoms with Crippen LogP contribution < -0.4 is 10.6 Å². The third kappa shape index (κ3) is 4.11. The van der Waals surface area contributed by atoms with Gasteiger partial charge in [-0.15, -0.1) is 0 Å². The van der Waals surface area contributed by atoms with Gasteiger partial charge >= 0.3 is 0 Å². The summed E-state index contributed by atoms with van der Waals surface area (Å²) in [5, 5.41) is 8.48. The Balaban J connectivity index is 0.000000185. The fourth-order valence-corrected chi connectivity index (χ4v) is 2.79. The molecule has 2 heterocycles. The minimum atomic E-state index is 0.143. The van der Waals surface area contributed by atoms with Crippen LogP contribution in [-0.2, 0) is 11.2 Å². The largest absolute Gasteiger partial charge is 0.384 e. The van der Waals surface area contributed by atoms with Crippen LogP contribution in [0.5, 0.6) is 0 Å². The maximum Gasteiger partial charge on any atom is 0.223 e. The highest BCUT2D eigenvalue weighted by Gasteiger charge is 2.23. The zero-order valence-corrected chi connectivity index (χ0v) is 14.3. The van der Waals surface area contributed by atoms with E-state index in [2.05, 4.69) is 18.0 Å². The Hall–Kier alpha value is -2.87. The molecular formula is C19H22N4O. The molecule has 0 fully saturated rings. The topological polar surface area (TPSA) is 83.0 Å². The van der Waals surface area contributed by atoms with Gasteiger partial charge in [0.05, 0.1) is 11.3 Å². The first-order valence-electron chi connectivity index (χ1n) is 7.91. The fourth-order valence-electron chi connectivity index (χ4n) is 2.79. The number of anilines is 2. The average Bonchev–Trinajstić information content (AvgIpc) is 2.54. The number of para-hydroxylation sites is 1. The van der Waals surface area contributed by atoms with E-state index in [0.717, 1.165) is 18.7 Å². The number of rotatable bonds is 0. The second kappa shape index (κ2) is 7.60. The van der Waals surface area contributed by atoms with Gasteiger partial charge in [-0.25, -0.2) is 4.98 Å². The number of pyridine rings is 1. The Labute approximate surface area is 142 Å². The molecule has 1 aromatic carbocycles. The fraction of sp³-hybridized carbons (Fsp3) is 0.316. The van der Waals surface area contributed by atoms with Gasteiger partial charge < -0.3 is 10.6 Å². The molecule has 24 heavy (non-hydrogen) atoms. The van der Waals surface area contributed by atoms with E-state index in [1.54, 1.807) is 26.0 Å². The van der Waals surface area contributed by atoms with Gasteiger partial charge in [0.25, 0.3) is 0 Å². The van der Waals surface area contributed by atoms with E-state index in [1.165, 1.54) is 5.56 Å². The highest BCUT2D eigenvalue weighted by Crippen LogP contribution is 2.29. The summed E-state index contributed by atoms with van der Waals surface area (Å²) < 4.78 is 0. The Bertz CT molecular complexity index is 779. The average molecular weight is 322 g/mol.